The molecular formula is C14H22N2O. The minimum Gasteiger partial charge on any atom is -0.489 e. The van der Waals surface area contributed by atoms with Crippen LogP contribution in [0.3, 0.4) is 0 Å². The fourth-order valence-electron chi connectivity index (χ4n) is 2.33. The summed E-state index contributed by atoms with van der Waals surface area (Å²) in [6.45, 7) is 6.39. The van der Waals surface area contributed by atoms with E-state index in [0.29, 0.717) is 11.5 Å². The van der Waals surface area contributed by atoms with Crippen molar-refractivity contribution in [2.75, 3.05) is 7.05 Å². The Balaban J connectivity index is 2.19. The predicted octanol–water partition coefficient (Wildman–Crippen LogP) is 2.93. The van der Waals surface area contributed by atoms with Crippen molar-refractivity contribution in [2.24, 2.45) is 5.41 Å². The van der Waals surface area contributed by atoms with Gasteiger partial charge in [-0.1, -0.05) is 6.92 Å². The lowest BCUT2D eigenvalue weighted by molar-refractivity contribution is 0.240. The zero-order valence-electron chi connectivity index (χ0n) is 11.2. The van der Waals surface area contributed by atoms with Gasteiger partial charge >= 0.3 is 0 Å². The summed E-state index contributed by atoms with van der Waals surface area (Å²) in [7, 11) is 2.02. The van der Waals surface area contributed by atoms with E-state index in [0.717, 1.165) is 5.75 Å². The quantitative estimate of drug-likeness (QED) is 0.850. The van der Waals surface area contributed by atoms with E-state index in [-0.39, 0.29) is 6.10 Å². The number of hydrogen-bond acceptors (Lipinski definition) is 3. The van der Waals surface area contributed by atoms with Crippen LogP contribution in [0.2, 0.25) is 0 Å². The van der Waals surface area contributed by atoms with E-state index in [1.54, 1.807) is 6.20 Å². The Hall–Kier alpha value is -1.09. The van der Waals surface area contributed by atoms with Crippen molar-refractivity contribution in [3.05, 3.63) is 24.0 Å². The third-order valence-corrected chi connectivity index (χ3v) is 3.46. The van der Waals surface area contributed by atoms with Gasteiger partial charge in [0, 0.05) is 12.2 Å². The molecule has 1 aromatic rings. The lowest BCUT2D eigenvalue weighted by Crippen LogP contribution is -2.24. The fraction of sp³-hybridized carbons (Fsp3) is 0.643. The van der Waals surface area contributed by atoms with Crippen molar-refractivity contribution in [3.63, 3.8) is 0 Å². The molecule has 1 aromatic heterocycles. The monoisotopic (exact) mass is 234 g/mol. The Labute approximate surface area is 104 Å². The average Bonchev–Trinajstić information content (AvgIpc) is 2.97. The van der Waals surface area contributed by atoms with Gasteiger partial charge in [-0.05, 0) is 50.8 Å². The summed E-state index contributed by atoms with van der Waals surface area (Å²) in [6, 6.07) is 2.49. The van der Waals surface area contributed by atoms with Crippen LogP contribution in [-0.4, -0.2) is 18.1 Å². The number of pyridine rings is 1. The first-order chi connectivity index (χ1) is 8.05. The molecule has 1 fully saturated rings. The lowest BCUT2D eigenvalue weighted by Gasteiger charge is -2.23. The number of ether oxygens (including phenoxy) is 1. The van der Waals surface area contributed by atoms with E-state index >= 15 is 0 Å². The van der Waals surface area contributed by atoms with Gasteiger partial charge < -0.3 is 10.1 Å². The first-order valence-corrected chi connectivity index (χ1v) is 6.34. The Morgan fingerprint density at radius 3 is 2.59 bits per heavy atom. The molecule has 0 radical (unpaired) electrons. The van der Waals surface area contributed by atoms with E-state index in [1.807, 2.05) is 27.1 Å². The summed E-state index contributed by atoms with van der Waals surface area (Å²) < 4.78 is 5.69. The van der Waals surface area contributed by atoms with Crippen LogP contribution in [0.4, 0.5) is 0 Å². The molecular weight excluding hydrogens is 212 g/mol. The summed E-state index contributed by atoms with van der Waals surface area (Å²) in [5.41, 5.74) is 1.62. The van der Waals surface area contributed by atoms with Gasteiger partial charge in [-0.25, -0.2) is 0 Å². The molecule has 0 aliphatic heterocycles. The summed E-state index contributed by atoms with van der Waals surface area (Å²) in [5, 5.41) is 3.41. The van der Waals surface area contributed by atoms with Gasteiger partial charge in [0.15, 0.2) is 0 Å². The molecule has 1 heterocycles. The maximum atomic E-state index is 5.69. The molecule has 94 valence electrons. The van der Waals surface area contributed by atoms with Crippen LogP contribution in [0, 0.1) is 5.41 Å². The third-order valence-electron chi connectivity index (χ3n) is 3.46. The largest absolute Gasteiger partial charge is 0.489 e. The number of nitrogens with zero attached hydrogens (tertiary/aromatic N) is 1. The number of hydrogen-bond donors (Lipinski definition) is 1. The summed E-state index contributed by atoms with van der Waals surface area (Å²) >= 11 is 0. The van der Waals surface area contributed by atoms with Gasteiger partial charge in [-0.2, -0.15) is 0 Å². The summed E-state index contributed by atoms with van der Waals surface area (Å²) in [6.07, 6.45) is 6.49. The zero-order chi connectivity index (χ0) is 12.5. The van der Waals surface area contributed by atoms with E-state index in [1.165, 1.54) is 18.4 Å². The second-order valence-electron chi connectivity index (χ2n) is 5.50. The van der Waals surface area contributed by atoms with Crippen molar-refractivity contribution >= 4 is 0 Å². The molecule has 0 spiro atoms. The molecule has 2 rings (SSSR count). The normalized spacial score (nSPS) is 19.1. The van der Waals surface area contributed by atoms with Crippen LogP contribution in [0.25, 0.3) is 0 Å². The fourth-order valence-corrected chi connectivity index (χ4v) is 2.33. The molecule has 1 aliphatic carbocycles. The Kier molecular flexibility index (Phi) is 3.38. The lowest BCUT2D eigenvalue weighted by atomic mass is 9.93. The first kappa shape index (κ1) is 12.4. The van der Waals surface area contributed by atoms with Gasteiger partial charge in [0.05, 0.1) is 12.3 Å². The van der Waals surface area contributed by atoms with Gasteiger partial charge in [0.25, 0.3) is 0 Å². The Morgan fingerprint density at radius 1 is 1.35 bits per heavy atom. The molecule has 0 amide bonds. The minimum atomic E-state index is 0.191. The topological polar surface area (TPSA) is 34.2 Å². The summed E-state index contributed by atoms with van der Waals surface area (Å²) in [4.78, 5) is 4.28. The highest BCUT2D eigenvalue weighted by Crippen LogP contribution is 2.54. The smallest absolute Gasteiger partial charge is 0.138 e. The standard InChI is InChI=1S/C14H22N2O/c1-10(2)17-12-7-11(8-16-9-12)13(15-4)14(3)5-6-14/h7-10,13,15H,5-6H2,1-4H3. The molecule has 3 nitrogen and oxygen atoms in total. The van der Waals surface area contributed by atoms with Crippen molar-refractivity contribution in [3.8, 4) is 5.75 Å². The highest BCUT2D eigenvalue weighted by Gasteiger charge is 2.44. The van der Waals surface area contributed by atoms with Crippen LogP contribution in [0.15, 0.2) is 18.5 Å². The molecule has 1 aliphatic rings. The maximum Gasteiger partial charge on any atom is 0.138 e. The van der Waals surface area contributed by atoms with Crippen LogP contribution in [-0.2, 0) is 0 Å². The number of aromatic nitrogens is 1. The molecule has 0 saturated heterocycles. The molecule has 3 heteroatoms. The van der Waals surface area contributed by atoms with Crippen LogP contribution in [0.1, 0.15) is 45.2 Å². The van der Waals surface area contributed by atoms with Crippen LogP contribution >= 0.6 is 0 Å². The second kappa shape index (κ2) is 4.65. The Morgan fingerprint density at radius 2 is 2.06 bits per heavy atom. The average molecular weight is 234 g/mol. The van der Waals surface area contributed by atoms with Crippen molar-refractivity contribution in [2.45, 2.75) is 45.8 Å². The van der Waals surface area contributed by atoms with Crippen LogP contribution < -0.4 is 10.1 Å². The molecule has 17 heavy (non-hydrogen) atoms. The number of rotatable bonds is 5. The Bertz CT molecular complexity index is 386. The molecule has 1 N–H and O–H groups in total. The highest BCUT2D eigenvalue weighted by molar-refractivity contribution is 5.28. The van der Waals surface area contributed by atoms with E-state index in [9.17, 15) is 0 Å². The maximum absolute atomic E-state index is 5.69. The SMILES string of the molecule is CNC(c1cncc(OC(C)C)c1)C1(C)CC1. The van der Waals surface area contributed by atoms with Gasteiger partial charge in [-0.15, -0.1) is 0 Å². The third kappa shape index (κ3) is 2.78. The second-order valence-corrected chi connectivity index (χ2v) is 5.50. The van der Waals surface area contributed by atoms with Gasteiger partial charge in [-0.3, -0.25) is 4.98 Å². The van der Waals surface area contributed by atoms with Gasteiger partial charge in [0.1, 0.15) is 5.75 Å². The van der Waals surface area contributed by atoms with E-state index in [4.69, 9.17) is 4.74 Å². The van der Waals surface area contributed by atoms with Crippen molar-refractivity contribution in [1.82, 2.24) is 10.3 Å². The first-order valence-electron chi connectivity index (χ1n) is 6.34. The van der Waals surface area contributed by atoms with E-state index < -0.39 is 0 Å². The van der Waals surface area contributed by atoms with Crippen LogP contribution in [0.5, 0.6) is 5.75 Å². The molecule has 0 bridgehead atoms. The highest BCUT2D eigenvalue weighted by atomic mass is 16.5. The van der Waals surface area contributed by atoms with Gasteiger partial charge in [0.2, 0.25) is 0 Å². The summed E-state index contributed by atoms with van der Waals surface area (Å²) in [5.74, 6) is 0.863. The zero-order valence-corrected chi connectivity index (χ0v) is 11.2. The molecule has 1 unspecified atom stereocenters. The number of nitrogens with one attached hydrogen (secondary N) is 1. The molecule has 0 aromatic carbocycles. The van der Waals surface area contributed by atoms with Crippen molar-refractivity contribution in [1.29, 1.82) is 0 Å². The molecule has 1 atom stereocenters. The predicted molar refractivity (Wildman–Crippen MR) is 69.1 cm³/mol. The molecule has 1 saturated carbocycles. The minimum absolute atomic E-state index is 0.191. The van der Waals surface area contributed by atoms with E-state index in [2.05, 4.69) is 23.3 Å². The van der Waals surface area contributed by atoms with Crippen molar-refractivity contribution < 1.29 is 4.74 Å².